The lowest BCUT2D eigenvalue weighted by molar-refractivity contribution is -0.333. The van der Waals surface area contributed by atoms with Crippen LogP contribution in [0.1, 0.15) is 24.3 Å². The van der Waals surface area contributed by atoms with Crippen LogP contribution in [0.2, 0.25) is 0 Å². The smallest absolute Gasteiger partial charge is 0.223 e. The topological polar surface area (TPSA) is 116 Å². The highest BCUT2D eigenvalue weighted by Crippen LogP contribution is 2.36. The van der Waals surface area contributed by atoms with E-state index in [1.807, 2.05) is 30.3 Å². The quantitative estimate of drug-likeness (QED) is 0.609. The molecule has 0 saturated carbocycles. The summed E-state index contributed by atoms with van der Waals surface area (Å²) in [4.78, 5) is 11.9. The van der Waals surface area contributed by atoms with E-state index in [2.05, 4.69) is 5.32 Å². The first-order valence-electron chi connectivity index (χ1n) is 10.4. The number of aliphatic hydroxyl groups is 2. The minimum Gasteiger partial charge on any atom is -0.493 e. The van der Waals surface area contributed by atoms with E-state index in [1.54, 1.807) is 18.2 Å². The maximum Gasteiger partial charge on any atom is 0.223 e. The monoisotopic (exact) mass is 445 g/mol. The molecule has 2 heterocycles. The fraction of sp³-hybridized carbons (Fsp3) is 0.435. The molecule has 6 unspecified atom stereocenters. The standard InChI is InChI=1S/C23H27NO8/c1-13(26)24-19-20(27)21-18(12-29-22(32-21)15-6-4-3-5-7-15)31-23(19)30-16-9-8-14(11-25)10-17(16)28-2/h3-10,18-23,25,27H,11-12H2,1-2H3,(H,24,26). The zero-order valence-electron chi connectivity index (χ0n) is 17.8. The van der Waals surface area contributed by atoms with Gasteiger partial charge in [-0.2, -0.15) is 0 Å². The van der Waals surface area contributed by atoms with Crippen molar-refractivity contribution in [2.45, 2.75) is 50.5 Å². The summed E-state index contributed by atoms with van der Waals surface area (Å²) < 4.78 is 29.3. The van der Waals surface area contributed by atoms with Crippen LogP contribution in [0.25, 0.3) is 0 Å². The lowest BCUT2D eigenvalue weighted by atomic mass is 9.95. The Hall–Kier alpha value is -2.69. The predicted molar refractivity (Wildman–Crippen MR) is 112 cm³/mol. The minimum absolute atomic E-state index is 0.148. The molecule has 2 saturated heterocycles. The van der Waals surface area contributed by atoms with Crippen LogP contribution in [0.4, 0.5) is 0 Å². The molecule has 2 fully saturated rings. The van der Waals surface area contributed by atoms with Gasteiger partial charge in [-0.05, 0) is 17.7 Å². The molecule has 0 bridgehead atoms. The van der Waals surface area contributed by atoms with Crippen molar-refractivity contribution < 1.29 is 38.7 Å². The second-order valence-electron chi connectivity index (χ2n) is 7.70. The number of carbonyl (C=O) groups is 1. The molecule has 0 aromatic heterocycles. The van der Waals surface area contributed by atoms with Gasteiger partial charge in [0.1, 0.15) is 24.4 Å². The van der Waals surface area contributed by atoms with Gasteiger partial charge in [0.15, 0.2) is 17.8 Å². The lowest BCUT2D eigenvalue weighted by Gasteiger charge is -2.47. The molecule has 0 radical (unpaired) electrons. The Morgan fingerprint density at radius 3 is 2.62 bits per heavy atom. The average Bonchev–Trinajstić information content (AvgIpc) is 2.82. The summed E-state index contributed by atoms with van der Waals surface area (Å²) in [6, 6.07) is 13.5. The Bertz CT molecular complexity index is 923. The zero-order chi connectivity index (χ0) is 22.7. The Morgan fingerprint density at radius 2 is 1.94 bits per heavy atom. The van der Waals surface area contributed by atoms with E-state index in [9.17, 15) is 15.0 Å². The van der Waals surface area contributed by atoms with Gasteiger partial charge < -0.3 is 39.2 Å². The number of rotatable bonds is 6. The minimum atomic E-state index is -1.11. The van der Waals surface area contributed by atoms with Gasteiger partial charge in [-0.15, -0.1) is 0 Å². The summed E-state index contributed by atoms with van der Waals surface area (Å²) in [5, 5.41) is 23.2. The molecule has 6 atom stereocenters. The zero-order valence-corrected chi connectivity index (χ0v) is 17.8. The van der Waals surface area contributed by atoms with Gasteiger partial charge in [0, 0.05) is 12.5 Å². The van der Waals surface area contributed by atoms with Crippen molar-refractivity contribution in [1.29, 1.82) is 0 Å². The fourth-order valence-corrected chi connectivity index (χ4v) is 3.89. The third-order valence-electron chi connectivity index (χ3n) is 5.46. The van der Waals surface area contributed by atoms with Crippen LogP contribution in [0.15, 0.2) is 48.5 Å². The third-order valence-corrected chi connectivity index (χ3v) is 5.46. The second kappa shape index (κ2) is 9.85. The van der Waals surface area contributed by atoms with Crippen molar-refractivity contribution in [1.82, 2.24) is 5.32 Å². The number of carbonyl (C=O) groups excluding carboxylic acids is 1. The highest BCUT2D eigenvalue weighted by Gasteiger charge is 2.50. The third kappa shape index (κ3) is 4.72. The fourth-order valence-electron chi connectivity index (χ4n) is 3.89. The first-order valence-corrected chi connectivity index (χ1v) is 10.4. The van der Waals surface area contributed by atoms with Gasteiger partial charge in [-0.1, -0.05) is 36.4 Å². The van der Waals surface area contributed by atoms with E-state index < -0.39 is 36.9 Å². The predicted octanol–water partition coefficient (Wildman–Crippen LogP) is 1.27. The molecule has 1 amide bonds. The van der Waals surface area contributed by atoms with E-state index in [-0.39, 0.29) is 19.1 Å². The second-order valence-corrected chi connectivity index (χ2v) is 7.70. The summed E-state index contributed by atoms with van der Waals surface area (Å²) >= 11 is 0. The number of hydrogen-bond donors (Lipinski definition) is 3. The number of fused-ring (bicyclic) bond motifs is 1. The maximum absolute atomic E-state index is 11.9. The summed E-state index contributed by atoms with van der Waals surface area (Å²) in [5.74, 6) is 0.382. The Morgan fingerprint density at radius 1 is 1.16 bits per heavy atom. The van der Waals surface area contributed by atoms with Gasteiger partial charge in [0.2, 0.25) is 12.2 Å². The highest BCUT2D eigenvalue weighted by molar-refractivity contribution is 5.73. The molecule has 2 aliphatic heterocycles. The molecule has 0 aliphatic carbocycles. The molecular formula is C23H27NO8. The summed E-state index contributed by atoms with van der Waals surface area (Å²) in [6.07, 6.45) is -4.13. The number of aliphatic hydroxyl groups excluding tert-OH is 2. The molecule has 4 rings (SSSR count). The van der Waals surface area contributed by atoms with E-state index in [4.69, 9.17) is 23.7 Å². The number of methoxy groups -OCH3 is 1. The average molecular weight is 445 g/mol. The van der Waals surface area contributed by atoms with Gasteiger partial charge in [-0.3, -0.25) is 4.79 Å². The van der Waals surface area contributed by atoms with Crippen LogP contribution in [0.3, 0.4) is 0 Å². The number of hydrogen-bond acceptors (Lipinski definition) is 8. The van der Waals surface area contributed by atoms with Crippen LogP contribution in [-0.4, -0.2) is 60.5 Å². The molecule has 9 heteroatoms. The van der Waals surface area contributed by atoms with Gasteiger partial charge in [0.05, 0.1) is 20.3 Å². The van der Waals surface area contributed by atoms with Crippen molar-refractivity contribution >= 4 is 5.91 Å². The van der Waals surface area contributed by atoms with E-state index >= 15 is 0 Å². The van der Waals surface area contributed by atoms with Crippen LogP contribution < -0.4 is 14.8 Å². The van der Waals surface area contributed by atoms with Crippen molar-refractivity contribution in [3.63, 3.8) is 0 Å². The molecular weight excluding hydrogens is 418 g/mol. The summed E-state index contributed by atoms with van der Waals surface area (Å²) in [7, 11) is 1.48. The van der Waals surface area contributed by atoms with E-state index in [1.165, 1.54) is 14.0 Å². The summed E-state index contributed by atoms with van der Waals surface area (Å²) in [6.45, 7) is 1.38. The molecule has 2 aliphatic rings. The molecule has 32 heavy (non-hydrogen) atoms. The van der Waals surface area contributed by atoms with Gasteiger partial charge in [-0.25, -0.2) is 0 Å². The SMILES string of the molecule is COc1cc(CO)ccc1OC1OC2COC(c3ccccc3)OC2C(O)C1NC(C)=O. The molecule has 2 aromatic rings. The normalized spacial score (nSPS) is 29.6. The molecule has 9 nitrogen and oxygen atoms in total. The number of nitrogens with one attached hydrogen (secondary N) is 1. The van der Waals surface area contributed by atoms with Crippen molar-refractivity contribution in [3.8, 4) is 11.5 Å². The van der Waals surface area contributed by atoms with Crippen molar-refractivity contribution in [2.75, 3.05) is 13.7 Å². The highest BCUT2D eigenvalue weighted by atomic mass is 16.7. The van der Waals surface area contributed by atoms with E-state index in [0.29, 0.717) is 17.1 Å². The van der Waals surface area contributed by atoms with Crippen LogP contribution >= 0.6 is 0 Å². The van der Waals surface area contributed by atoms with Crippen LogP contribution in [-0.2, 0) is 25.6 Å². The van der Waals surface area contributed by atoms with Crippen molar-refractivity contribution in [3.05, 3.63) is 59.7 Å². The maximum atomic E-state index is 11.9. The molecule has 2 aromatic carbocycles. The Labute approximate surface area is 185 Å². The molecule has 172 valence electrons. The largest absolute Gasteiger partial charge is 0.493 e. The Balaban J connectivity index is 1.55. The number of amides is 1. The van der Waals surface area contributed by atoms with E-state index in [0.717, 1.165) is 5.56 Å². The first-order chi connectivity index (χ1) is 15.5. The van der Waals surface area contributed by atoms with Gasteiger partial charge in [0.25, 0.3) is 0 Å². The summed E-state index contributed by atoms with van der Waals surface area (Å²) in [5.41, 5.74) is 1.47. The Kier molecular flexibility index (Phi) is 6.92. The molecule has 0 spiro atoms. The molecule has 3 N–H and O–H groups in total. The first kappa shape index (κ1) is 22.5. The van der Waals surface area contributed by atoms with Crippen LogP contribution in [0.5, 0.6) is 11.5 Å². The number of ether oxygens (including phenoxy) is 5. The van der Waals surface area contributed by atoms with Crippen molar-refractivity contribution in [2.24, 2.45) is 0 Å². The lowest BCUT2D eigenvalue weighted by Crippen LogP contribution is -2.67. The number of benzene rings is 2. The van der Waals surface area contributed by atoms with Crippen LogP contribution in [0, 0.1) is 0 Å². The van der Waals surface area contributed by atoms with Gasteiger partial charge >= 0.3 is 0 Å².